The molecule has 0 aromatic heterocycles. The molecule has 2 aliphatic rings. The zero-order valence-corrected chi connectivity index (χ0v) is 18.0. The summed E-state index contributed by atoms with van der Waals surface area (Å²) >= 11 is 0. The number of carbonyl (C=O) groups excluding carboxylic acids is 1. The molecule has 0 aliphatic carbocycles. The Bertz CT molecular complexity index is 1170. The van der Waals surface area contributed by atoms with Gasteiger partial charge in [-0.2, -0.15) is 13.2 Å². The van der Waals surface area contributed by atoms with Gasteiger partial charge in [-0.15, -0.1) is 0 Å². The standard InChI is InChI=1S/C26H24F3NO3/c27-26(28,29)22-5-3-17(4-6-22)20-7-9-30(16-20)10-8-23(31)19-2-1-18-14-24-25(15-21(18)13-19)33-12-11-32-24/h1-6,13-15,20H,7-12,16H2. The molecule has 1 saturated heterocycles. The van der Waals surface area contributed by atoms with Gasteiger partial charge >= 0.3 is 6.18 Å². The predicted molar refractivity (Wildman–Crippen MR) is 119 cm³/mol. The van der Waals surface area contributed by atoms with Crippen molar-refractivity contribution >= 4 is 16.6 Å². The number of carbonyl (C=O) groups is 1. The summed E-state index contributed by atoms with van der Waals surface area (Å²) in [5.74, 6) is 1.69. The SMILES string of the molecule is O=C(CCN1CCC(c2ccc(C(F)(F)F)cc2)C1)c1ccc2cc3c(cc2c1)OCCO3. The van der Waals surface area contributed by atoms with E-state index in [2.05, 4.69) is 4.90 Å². The largest absolute Gasteiger partial charge is 0.486 e. The van der Waals surface area contributed by atoms with Gasteiger partial charge in [-0.25, -0.2) is 0 Å². The van der Waals surface area contributed by atoms with Crippen molar-refractivity contribution < 1.29 is 27.4 Å². The Morgan fingerprint density at radius 3 is 2.33 bits per heavy atom. The molecule has 172 valence electrons. The van der Waals surface area contributed by atoms with Crippen LogP contribution in [0.4, 0.5) is 13.2 Å². The number of halogens is 3. The van der Waals surface area contributed by atoms with Crippen molar-refractivity contribution in [3.05, 3.63) is 71.3 Å². The molecule has 1 unspecified atom stereocenters. The first-order valence-corrected chi connectivity index (χ1v) is 11.1. The molecular formula is C26H24F3NO3. The molecule has 3 aromatic rings. The second kappa shape index (κ2) is 8.71. The van der Waals surface area contributed by atoms with E-state index in [1.807, 2.05) is 30.3 Å². The van der Waals surface area contributed by atoms with E-state index >= 15 is 0 Å². The Hall–Kier alpha value is -3.06. The van der Waals surface area contributed by atoms with Crippen molar-refractivity contribution in [1.82, 2.24) is 4.90 Å². The average Bonchev–Trinajstić information content (AvgIpc) is 3.29. The smallest absolute Gasteiger partial charge is 0.416 e. The zero-order chi connectivity index (χ0) is 23.0. The number of alkyl halides is 3. The van der Waals surface area contributed by atoms with Crippen LogP contribution in [0.15, 0.2) is 54.6 Å². The second-order valence-corrected chi connectivity index (χ2v) is 8.64. The molecule has 0 amide bonds. The minimum Gasteiger partial charge on any atom is -0.486 e. The van der Waals surface area contributed by atoms with E-state index in [4.69, 9.17) is 9.47 Å². The third-order valence-electron chi connectivity index (χ3n) is 6.46. The normalized spacial score (nSPS) is 18.6. The van der Waals surface area contributed by atoms with Gasteiger partial charge in [0.15, 0.2) is 17.3 Å². The fourth-order valence-corrected chi connectivity index (χ4v) is 4.61. The molecule has 2 heterocycles. The fraction of sp³-hybridized carbons (Fsp3) is 0.346. The molecule has 0 saturated carbocycles. The van der Waals surface area contributed by atoms with Gasteiger partial charge in [0.05, 0.1) is 5.56 Å². The highest BCUT2D eigenvalue weighted by Crippen LogP contribution is 2.35. The summed E-state index contributed by atoms with van der Waals surface area (Å²) in [4.78, 5) is 15.0. The molecular weight excluding hydrogens is 431 g/mol. The molecule has 4 nitrogen and oxygen atoms in total. The van der Waals surface area contributed by atoms with Crippen molar-refractivity contribution in [2.45, 2.75) is 24.9 Å². The van der Waals surface area contributed by atoms with Crippen molar-refractivity contribution in [2.75, 3.05) is 32.8 Å². The van der Waals surface area contributed by atoms with Crippen molar-refractivity contribution in [1.29, 1.82) is 0 Å². The molecule has 5 rings (SSSR count). The number of hydrogen-bond donors (Lipinski definition) is 0. The summed E-state index contributed by atoms with van der Waals surface area (Å²) in [6.07, 6.45) is -3.04. The molecule has 2 aliphatic heterocycles. The number of benzene rings is 3. The van der Waals surface area contributed by atoms with Crippen LogP contribution < -0.4 is 9.47 Å². The molecule has 0 spiro atoms. The molecule has 1 fully saturated rings. The van der Waals surface area contributed by atoms with Crippen LogP contribution in [0.5, 0.6) is 11.5 Å². The van der Waals surface area contributed by atoms with Gasteiger partial charge in [0.2, 0.25) is 0 Å². The lowest BCUT2D eigenvalue weighted by Gasteiger charge is -2.19. The molecule has 0 N–H and O–H groups in total. The van der Waals surface area contributed by atoms with Gasteiger partial charge < -0.3 is 14.4 Å². The minimum absolute atomic E-state index is 0.0739. The average molecular weight is 455 g/mol. The van der Waals surface area contributed by atoms with E-state index in [9.17, 15) is 18.0 Å². The van der Waals surface area contributed by atoms with E-state index in [1.54, 1.807) is 12.1 Å². The van der Waals surface area contributed by atoms with Gasteiger partial charge in [0, 0.05) is 25.1 Å². The number of fused-ring (bicyclic) bond motifs is 2. The molecule has 1 atom stereocenters. The number of Topliss-reactive ketones (excluding diaryl/α,β-unsaturated/α-hetero) is 1. The first-order valence-electron chi connectivity index (χ1n) is 11.1. The first kappa shape index (κ1) is 21.8. The van der Waals surface area contributed by atoms with Gasteiger partial charge in [-0.3, -0.25) is 4.79 Å². The van der Waals surface area contributed by atoms with Crippen LogP contribution >= 0.6 is 0 Å². The lowest BCUT2D eigenvalue weighted by atomic mass is 9.97. The molecule has 33 heavy (non-hydrogen) atoms. The molecule has 7 heteroatoms. The van der Waals surface area contributed by atoms with Crippen LogP contribution in [-0.2, 0) is 6.18 Å². The lowest BCUT2D eigenvalue weighted by molar-refractivity contribution is -0.137. The number of nitrogens with zero attached hydrogens (tertiary/aromatic N) is 1. The highest BCUT2D eigenvalue weighted by atomic mass is 19.4. The number of hydrogen-bond acceptors (Lipinski definition) is 4. The van der Waals surface area contributed by atoms with E-state index in [0.717, 1.165) is 53.7 Å². The highest BCUT2D eigenvalue weighted by molar-refractivity contribution is 6.00. The van der Waals surface area contributed by atoms with E-state index < -0.39 is 11.7 Å². The van der Waals surface area contributed by atoms with Gasteiger partial charge in [0.25, 0.3) is 0 Å². The van der Waals surface area contributed by atoms with Crippen molar-refractivity contribution in [2.24, 2.45) is 0 Å². The maximum absolute atomic E-state index is 12.8. The Labute approximate surface area is 189 Å². The Kier molecular flexibility index (Phi) is 5.74. The van der Waals surface area contributed by atoms with Gasteiger partial charge in [0.1, 0.15) is 13.2 Å². The summed E-state index contributed by atoms with van der Waals surface area (Å²) in [5.41, 5.74) is 0.959. The highest BCUT2D eigenvalue weighted by Gasteiger charge is 2.31. The zero-order valence-electron chi connectivity index (χ0n) is 18.0. The van der Waals surface area contributed by atoms with E-state index in [-0.39, 0.29) is 11.7 Å². The molecule has 3 aromatic carbocycles. The summed E-state index contributed by atoms with van der Waals surface area (Å²) in [7, 11) is 0. The number of rotatable bonds is 5. The minimum atomic E-state index is -4.32. The molecule has 0 radical (unpaired) electrons. The summed E-state index contributed by atoms with van der Waals surface area (Å²) < 4.78 is 49.6. The molecule has 0 bridgehead atoms. The van der Waals surface area contributed by atoms with Crippen LogP contribution in [0.3, 0.4) is 0 Å². The van der Waals surface area contributed by atoms with Crippen LogP contribution in [0.1, 0.15) is 40.2 Å². The third kappa shape index (κ3) is 4.69. The first-order chi connectivity index (χ1) is 15.9. The second-order valence-electron chi connectivity index (χ2n) is 8.64. The fourth-order valence-electron chi connectivity index (χ4n) is 4.61. The third-order valence-corrected chi connectivity index (χ3v) is 6.46. The monoisotopic (exact) mass is 455 g/mol. The lowest BCUT2D eigenvalue weighted by Crippen LogP contribution is -2.23. The Balaban J connectivity index is 1.19. The summed E-state index contributed by atoms with van der Waals surface area (Å²) in [5, 5.41) is 1.93. The number of ketones is 1. The number of ether oxygens (including phenoxy) is 2. The predicted octanol–water partition coefficient (Wildman–Crippen LogP) is 5.69. The van der Waals surface area contributed by atoms with Crippen LogP contribution in [0.25, 0.3) is 10.8 Å². The van der Waals surface area contributed by atoms with Gasteiger partial charge in [-0.05, 0) is 65.6 Å². The maximum atomic E-state index is 12.8. The Morgan fingerprint density at radius 1 is 0.939 bits per heavy atom. The van der Waals surface area contributed by atoms with Crippen LogP contribution in [0.2, 0.25) is 0 Å². The maximum Gasteiger partial charge on any atom is 0.416 e. The quantitative estimate of drug-likeness (QED) is 0.463. The van der Waals surface area contributed by atoms with Gasteiger partial charge in [-0.1, -0.05) is 24.3 Å². The summed E-state index contributed by atoms with van der Waals surface area (Å²) in [6.45, 7) is 3.26. The van der Waals surface area contributed by atoms with Crippen LogP contribution in [-0.4, -0.2) is 43.5 Å². The number of likely N-dealkylation sites (tertiary alicyclic amines) is 1. The van der Waals surface area contributed by atoms with Crippen LogP contribution in [0, 0.1) is 0 Å². The van der Waals surface area contributed by atoms with E-state index in [0.29, 0.717) is 37.5 Å². The topological polar surface area (TPSA) is 38.8 Å². The summed E-state index contributed by atoms with van der Waals surface area (Å²) in [6, 6.07) is 15.0. The van der Waals surface area contributed by atoms with Crippen molar-refractivity contribution in [3.63, 3.8) is 0 Å². The Morgan fingerprint density at radius 2 is 1.64 bits per heavy atom. The van der Waals surface area contributed by atoms with E-state index in [1.165, 1.54) is 0 Å². The van der Waals surface area contributed by atoms with Crippen molar-refractivity contribution in [3.8, 4) is 11.5 Å².